The number of alkyl carbamates (subject to hydrolysis) is 1. The lowest BCUT2D eigenvalue weighted by atomic mass is 9.81. The van der Waals surface area contributed by atoms with Crippen molar-refractivity contribution in [2.75, 3.05) is 74.6 Å². The number of anilines is 3. The van der Waals surface area contributed by atoms with Crippen LogP contribution in [0.2, 0.25) is 5.02 Å². The molecule has 1 aliphatic carbocycles. The Kier molecular flexibility index (Phi) is 24.6. The van der Waals surface area contributed by atoms with Gasteiger partial charge in [0.1, 0.15) is 48.6 Å². The van der Waals surface area contributed by atoms with Gasteiger partial charge in [0.05, 0.1) is 70.6 Å². The highest BCUT2D eigenvalue weighted by Gasteiger charge is 2.46. The lowest BCUT2D eigenvalue weighted by Crippen LogP contribution is -2.54. The fraction of sp³-hybridized carbons (Fsp3) is 0.410. The number of aryl methyl sites for hydroxylation is 2. The van der Waals surface area contributed by atoms with Gasteiger partial charge in [0.25, 0.3) is 11.5 Å². The molecule has 4 aromatic heterocycles. The van der Waals surface area contributed by atoms with Crippen LogP contribution in [0.3, 0.4) is 0 Å². The molecule has 0 saturated carbocycles. The van der Waals surface area contributed by atoms with Crippen LogP contribution in [0.5, 0.6) is 0 Å². The zero-order chi connectivity index (χ0) is 79.1. The number of imidazole rings is 1. The smallest absolute Gasteiger partial charge is 0.407 e. The van der Waals surface area contributed by atoms with Crippen LogP contribution in [0.4, 0.5) is 35.6 Å². The number of cyclic esters (lactones) is 1. The molecule has 1 saturated heterocycles. The molecule has 16 N–H and O–H groups in total. The first-order valence-electron chi connectivity index (χ1n) is 37.1. The van der Waals surface area contributed by atoms with E-state index in [1.165, 1.54) is 41.0 Å². The maximum absolute atomic E-state index is 15.7. The number of carbonyl (C=O) groups is 8. The summed E-state index contributed by atoms with van der Waals surface area (Å²) in [4.78, 5) is 142. The Labute approximate surface area is 641 Å². The molecule has 4 aliphatic rings. The molecule has 1 fully saturated rings. The van der Waals surface area contributed by atoms with Crippen LogP contribution in [0.25, 0.3) is 55.8 Å². The number of hydrogen-bond donors (Lipinski definition) is 13. The van der Waals surface area contributed by atoms with E-state index >= 15 is 8.78 Å². The lowest BCUT2D eigenvalue weighted by Gasteiger charge is -2.35. The molecule has 3 aliphatic heterocycles. The summed E-state index contributed by atoms with van der Waals surface area (Å²) in [5.74, 6) is -4.28. The molecule has 30 nitrogen and oxygen atoms in total. The predicted molar refractivity (Wildman–Crippen MR) is 411 cm³/mol. The first kappa shape index (κ1) is 79.4. The van der Waals surface area contributed by atoms with Crippen molar-refractivity contribution in [1.82, 2.24) is 56.4 Å². The number of aliphatic hydroxyl groups is 1. The number of benzene rings is 4. The minimum absolute atomic E-state index is 0.00575. The van der Waals surface area contributed by atoms with Gasteiger partial charge in [-0.1, -0.05) is 44.5 Å². The van der Waals surface area contributed by atoms with Crippen molar-refractivity contribution in [1.29, 1.82) is 0 Å². The number of ether oxygens (including phenoxy) is 3. The number of nitrogens with zero attached hydrogens (tertiary/aromatic N) is 5. The number of pyridine rings is 3. The number of amides is 8. The van der Waals surface area contributed by atoms with Gasteiger partial charge < -0.3 is 93.5 Å². The molecule has 0 spiro atoms. The molecule has 12 rings (SSSR count). The first-order valence-corrected chi connectivity index (χ1v) is 37.4. The van der Waals surface area contributed by atoms with E-state index in [4.69, 9.17) is 58.0 Å². The molecule has 33 heteroatoms. The highest BCUT2D eigenvalue weighted by atomic mass is 35.5. The van der Waals surface area contributed by atoms with Gasteiger partial charge in [-0.15, -0.1) is 0 Å². The molecule has 586 valence electrons. The van der Waals surface area contributed by atoms with Crippen LogP contribution in [0.1, 0.15) is 133 Å². The van der Waals surface area contributed by atoms with Crippen LogP contribution in [0.15, 0.2) is 77.7 Å². The van der Waals surface area contributed by atoms with Crippen molar-refractivity contribution < 1.29 is 66.5 Å². The Morgan fingerprint density at radius 3 is 2.37 bits per heavy atom. The van der Waals surface area contributed by atoms with Gasteiger partial charge in [0, 0.05) is 121 Å². The van der Waals surface area contributed by atoms with Gasteiger partial charge in [-0.25, -0.2) is 38.1 Å². The number of nitrogens with two attached hydrogens (primary N) is 3. The van der Waals surface area contributed by atoms with Crippen LogP contribution in [-0.2, 0) is 70.0 Å². The van der Waals surface area contributed by atoms with Crippen LogP contribution in [0, 0.1) is 31.4 Å². The normalized spacial score (nSPS) is 16.2. The van der Waals surface area contributed by atoms with E-state index in [0.717, 1.165) is 24.1 Å². The number of rotatable bonds is 30. The third-order valence-corrected chi connectivity index (χ3v) is 20.8. The van der Waals surface area contributed by atoms with Crippen molar-refractivity contribution in [2.24, 2.45) is 23.1 Å². The summed E-state index contributed by atoms with van der Waals surface area (Å²) in [6.07, 6.45) is 2.68. The molecule has 8 amide bonds. The fourth-order valence-electron chi connectivity index (χ4n) is 14.8. The van der Waals surface area contributed by atoms with E-state index in [1.54, 1.807) is 52.1 Å². The zero-order valence-corrected chi connectivity index (χ0v) is 62.9. The molecule has 4 aromatic carbocycles. The number of esters is 1. The minimum atomic E-state index is -2.10. The third-order valence-electron chi connectivity index (χ3n) is 20.6. The molecule has 111 heavy (non-hydrogen) atoms. The molecule has 0 bridgehead atoms. The molecule has 0 radical (unpaired) electrons. The van der Waals surface area contributed by atoms with Gasteiger partial charge >= 0.3 is 18.1 Å². The van der Waals surface area contributed by atoms with E-state index in [2.05, 4.69) is 52.4 Å². The van der Waals surface area contributed by atoms with E-state index in [9.17, 15) is 48.3 Å². The number of aromatic nitrogens is 5. The quantitative estimate of drug-likeness (QED) is 0.0162. The first-order chi connectivity index (χ1) is 53.2. The number of carbonyl (C=O) groups excluding carboxylic acids is 8. The van der Waals surface area contributed by atoms with Crippen molar-refractivity contribution in [3.05, 3.63) is 150 Å². The van der Waals surface area contributed by atoms with Crippen molar-refractivity contribution in [3.8, 4) is 33.9 Å². The largest absolute Gasteiger partial charge is 0.458 e. The van der Waals surface area contributed by atoms with Crippen LogP contribution < -0.4 is 70.2 Å². The highest BCUT2D eigenvalue weighted by molar-refractivity contribution is 6.31. The number of aromatic amines is 1. The van der Waals surface area contributed by atoms with Gasteiger partial charge in [0.2, 0.25) is 23.6 Å². The maximum Gasteiger partial charge on any atom is 0.407 e. The number of urea groups is 1. The Hall–Kier alpha value is -11.2. The number of H-pyrrole nitrogens is 1. The number of piperidine rings is 1. The number of halogens is 3. The Morgan fingerprint density at radius 2 is 1.63 bits per heavy atom. The van der Waals surface area contributed by atoms with Crippen LogP contribution >= 0.6 is 11.6 Å². The fourth-order valence-corrected chi connectivity index (χ4v) is 14.9. The topological polar surface area (TPSA) is 438 Å². The summed E-state index contributed by atoms with van der Waals surface area (Å²) in [5, 5.41) is 35.3. The van der Waals surface area contributed by atoms with Crippen LogP contribution in [-0.4, -0.2) is 154 Å². The molecule has 4 atom stereocenters. The Bertz CT molecular complexity index is 5030. The molecular weight excluding hydrogens is 1460 g/mol. The summed E-state index contributed by atoms with van der Waals surface area (Å²) >= 11 is 6.40. The molecule has 7 heterocycles. The third kappa shape index (κ3) is 17.5. The number of primary amides is 1. The van der Waals surface area contributed by atoms with Gasteiger partial charge in [-0.05, 0) is 141 Å². The maximum atomic E-state index is 15.7. The second kappa shape index (κ2) is 34.4. The van der Waals surface area contributed by atoms with Crippen molar-refractivity contribution in [2.45, 2.75) is 142 Å². The van der Waals surface area contributed by atoms with Gasteiger partial charge in [-0.3, -0.25) is 28.8 Å². The predicted octanol–water partition coefficient (Wildman–Crippen LogP) is 6.80. The standard InChI is InChI=1S/C78H90ClF2N17O13/c1-6-78(108)53-33-60-67-51(36-98(60)74(104)52(53)38-110-75(78)105)64-56(14-12-48-41(5)54(81)34-59(91-67)63(48)64)95-77(107)111-37-42-9-11-47(32-49(42)71(101)87-21-19-82)90-72(102)57(8-7-20-88-76(84)106)94-73(103)66(39(2)3)96-62(100)18-27-109-26-17-61(99)85-22-23-86-69-65(70-92-55-13-10-44(79)31-58(55)93-70)68(97-24-15-46(83)16-25-97)50(35-89-69)43-28-40(4)29-45(80)30-43/h9-11,13,28-35,39,46,56-57,66,108H,6-8,12,14-27,36-38,82-83H2,1-5H3,(H,85,99)(H,86,89)(H,87,101)(H,90,102)(H,92,93)(H,94,103)(H,95,107)(H,96,100)(H3,84,88,106)/t56-,57-,66-,78-/m0/s1. The van der Waals surface area contributed by atoms with Crippen molar-refractivity contribution in [3.63, 3.8) is 0 Å². The summed E-state index contributed by atoms with van der Waals surface area (Å²) in [6, 6.07) is 13.3. The zero-order valence-electron chi connectivity index (χ0n) is 62.1. The van der Waals surface area contributed by atoms with Crippen molar-refractivity contribution >= 4 is 98.4 Å². The SMILES string of the molecule is CC[C@@]1(O)C(=O)OCc2c1cc1n(c2=O)Cc2c-1nc1cc(F)c(C)c3c1c2[C@@H](NC(=O)OCc1ccc(NC(=O)[C@H](CCCNC(N)=O)NC(=O)[C@@H](NC(=O)CCOCCC(=O)NCCNc2ncc(-c4cc(C)cc(F)c4)c(N4CCC(N)CC4)c2-c2nc4ccc(Cl)cc4[nH]2)C(C)C)cc1C(=O)NCCN)CC3. The molecule has 0 unspecified atom stereocenters. The van der Waals surface area contributed by atoms with E-state index < -0.39 is 89.4 Å². The number of hydrogen-bond acceptors (Lipinski definition) is 20. The van der Waals surface area contributed by atoms with E-state index in [1.807, 2.05) is 19.1 Å². The second-order valence-electron chi connectivity index (χ2n) is 28.5. The Balaban J connectivity index is 0.656. The summed E-state index contributed by atoms with van der Waals surface area (Å²) in [6.45, 7) is 9.34. The van der Waals surface area contributed by atoms with E-state index in [0.29, 0.717) is 103 Å². The molecular formula is C78H90ClF2N17O13. The monoisotopic (exact) mass is 1550 g/mol. The Morgan fingerprint density at radius 1 is 0.856 bits per heavy atom. The van der Waals surface area contributed by atoms with Gasteiger partial charge in [-0.2, -0.15) is 0 Å². The summed E-state index contributed by atoms with van der Waals surface area (Å²) < 4.78 is 49.0. The number of fused-ring (bicyclic) bond motifs is 6. The number of nitrogens with one attached hydrogen (secondary N) is 9. The second-order valence-corrected chi connectivity index (χ2v) is 29.0. The lowest BCUT2D eigenvalue weighted by molar-refractivity contribution is -0.172. The van der Waals surface area contributed by atoms with Gasteiger partial charge in [0.15, 0.2) is 5.60 Å². The highest BCUT2D eigenvalue weighted by Crippen LogP contribution is 2.48. The average molecular weight is 1550 g/mol. The molecule has 8 aromatic rings. The average Bonchev–Trinajstić information content (AvgIpc) is 1.57. The minimum Gasteiger partial charge on any atom is -0.458 e. The van der Waals surface area contributed by atoms with E-state index in [-0.39, 0.29) is 149 Å². The summed E-state index contributed by atoms with van der Waals surface area (Å²) in [7, 11) is 0. The summed E-state index contributed by atoms with van der Waals surface area (Å²) in [5.41, 5.74) is 23.3.